The summed E-state index contributed by atoms with van der Waals surface area (Å²) in [6.07, 6.45) is 2.22. The van der Waals surface area contributed by atoms with E-state index in [0.29, 0.717) is 5.56 Å². The highest BCUT2D eigenvalue weighted by Crippen LogP contribution is 2.27. The Hall–Kier alpha value is -1.57. The van der Waals surface area contributed by atoms with E-state index in [1.807, 2.05) is 19.2 Å². The second kappa shape index (κ2) is 7.78. The fourth-order valence-corrected chi connectivity index (χ4v) is 2.06. The van der Waals surface area contributed by atoms with Gasteiger partial charge in [-0.2, -0.15) is 5.26 Å². The number of nitriles is 1. The van der Waals surface area contributed by atoms with Gasteiger partial charge in [0.05, 0.1) is 17.7 Å². The van der Waals surface area contributed by atoms with Gasteiger partial charge in [-0.3, -0.25) is 0 Å². The highest BCUT2D eigenvalue weighted by molar-refractivity contribution is 5.58. The Bertz CT molecular complexity index is 438. The van der Waals surface area contributed by atoms with Crippen molar-refractivity contribution in [3.8, 4) is 6.07 Å². The molecular formula is C15H22N2O2. The maximum Gasteiger partial charge on any atom is 0.0992 e. The third kappa shape index (κ3) is 4.55. The Morgan fingerprint density at radius 3 is 2.63 bits per heavy atom. The molecular weight excluding hydrogens is 240 g/mol. The summed E-state index contributed by atoms with van der Waals surface area (Å²) in [6.45, 7) is 2.80. The van der Waals surface area contributed by atoms with Crippen LogP contribution in [0.2, 0.25) is 0 Å². The minimum atomic E-state index is -0.553. The van der Waals surface area contributed by atoms with Gasteiger partial charge in [-0.1, -0.05) is 6.07 Å². The molecule has 4 heteroatoms. The number of hydrogen-bond acceptors (Lipinski definition) is 4. The Labute approximate surface area is 114 Å². The van der Waals surface area contributed by atoms with Crippen LogP contribution >= 0.6 is 0 Å². The number of nitrogens with zero attached hydrogens (tertiary/aromatic N) is 2. The van der Waals surface area contributed by atoms with Crippen LogP contribution < -0.4 is 4.90 Å². The van der Waals surface area contributed by atoms with Gasteiger partial charge in [-0.25, -0.2) is 0 Å². The number of aliphatic hydroxyl groups is 2. The Kier molecular flexibility index (Phi) is 6.34. The van der Waals surface area contributed by atoms with Crippen LogP contribution in [-0.2, 0) is 0 Å². The molecule has 1 atom stereocenters. The summed E-state index contributed by atoms with van der Waals surface area (Å²) in [4.78, 5) is 2.06. The largest absolute Gasteiger partial charge is 0.396 e. The van der Waals surface area contributed by atoms with Crippen LogP contribution in [0.15, 0.2) is 18.2 Å². The molecule has 0 radical (unpaired) electrons. The van der Waals surface area contributed by atoms with Crippen LogP contribution in [0.4, 0.5) is 5.69 Å². The van der Waals surface area contributed by atoms with Crippen LogP contribution in [0.25, 0.3) is 0 Å². The second-order valence-corrected chi connectivity index (χ2v) is 4.77. The highest BCUT2D eigenvalue weighted by Gasteiger charge is 2.12. The molecule has 0 aliphatic carbocycles. The van der Waals surface area contributed by atoms with Crippen molar-refractivity contribution < 1.29 is 10.2 Å². The predicted molar refractivity (Wildman–Crippen MR) is 76.0 cm³/mol. The van der Waals surface area contributed by atoms with Crippen LogP contribution in [0.3, 0.4) is 0 Å². The van der Waals surface area contributed by atoms with Gasteiger partial charge in [-0.05, 0) is 38.3 Å². The highest BCUT2D eigenvalue weighted by atomic mass is 16.3. The first-order valence-corrected chi connectivity index (χ1v) is 6.64. The monoisotopic (exact) mass is 262 g/mol. The van der Waals surface area contributed by atoms with Gasteiger partial charge in [0.1, 0.15) is 0 Å². The molecule has 4 nitrogen and oxygen atoms in total. The van der Waals surface area contributed by atoms with E-state index in [2.05, 4.69) is 11.0 Å². The third-order valence-corrected chi connectivity index (χ3v) is 3.17. The number of hydrogen-bond donors (Lipinski definition) is 2. The van der Waals surface area contributed by atoms with Crippen LogP contribution in [0.5, 0.6) is 0 Å². The molecule has 0 unspecified atom stereocenters. The first-order valence-electron chi connectivity index (χ1n) is 6.64. The number of benzene rings is 1. The summed E-state index contributed by atoms with van der Waals surface area (Å²) in [6, 6.07) is 7.47. The van der Waals surface area contributed by atoms with E-state index in [0.717, 1.165) is 37.1 Å². The number of aliphatic hydroxyl groups excluding tert-OH is 2. The molecule has 1 rings (SSSR count). The zero-order valence-electron chi connectivity index (χ0n) is 11.6. The maximum atomic E-state index is 9.78. The summed E-state index contributed by atoms with van der Waals surface area (Å²) in [7, 11) is 1.96. The van der Waals surface area contributed by atoms with Gasteiger partial charge in [0.2, 0.25) is 0 Å². The molecule has 1 aromatic rings. The summed E-state index contributed by atoms with van der Waals surface area (Å²) in [5.41, 5.74) is 2.34. The molecule has 0 aliphatic heterocycles. The van der Waals surface area contributed by atoms with Crippen molar-refractivity contribution in [1.29, 1.82) is 5.26 Å². The summed E-state index contributed by atoms with van der Waals surface area (Å²) in [5.74, 6) is 0. The molecule has 1 aromatic carbocycles. The van der Waals surface area contributed by atoms with E-state index >= 15 is 0 Å². The van der Waals surface area contributed by atoms with Crippen molar-refractivity contribution in [3.05, 3.63) is 29.3 Å². The van der Waals surface area contributed by atoms with E-state index in [1.165, 1.54) is 0 Å². The van der Waals surface area contributed by atoms with Crippen LogP contribution in [0.1, 0.15) is 43.4 Å². The molecule has 0 heterocycles. The molecule has 0 saturated carbocycles. The van der Waals surface area contributed by atoms with Crippen molar-refractivity contribution in [3.63, 3.8) is 0 Å². The predicted octanol–water partition coefficient (Wildman–Crippen LogP) is 2.21. The smallest absolute Gasteiger partial charge is 0.0992 e. The molecule has 0 saturated heterocycles. The molecule has 0 fully saturated rings. The van der Waals surface area contributed by atoms with Gasteiger partial charge in [0.15, 0.2) is 0 Å². The quantitative estimate of drug-likeness (QED) is 0.739. The number of anilines is 1. The molecule has 0 spiro atoms. The second-order valence-electron chi connectivity index (χ2n) is 4.77. The van der Waals surface area contributed by atoms with Crippen molar-refractivity contribution in [2.75, 3.05) is 25.1 Å². The van der Waals surface area contributed by atoms with Gasteiger partial charge < -0.3 is 15.1 Å². The fourth-order valence-electron chi connectivity index (χ4n) is 2.06. The molecule has 104 valence electrons. The zero-order valence-corrected chi connectivity index (χ0v) is 11.6. The maximum absolute atomic E-state index is 9.78. The zero-order chi connectivity index (χ0) is 14.3. The van der Waals surface area contributed by atoms with E-state index in [9.17, 15) is 5.11 Å². The van der Waals surface area contributed by atoms with Crippen molar-refractivity contribution in [1.82, 2.24) is 0 Å². The molecule has 0 aliphatic rings. The summed E-state index contributed by atoms with van der Waals surface area (Å²) in [5, 5.41) is 27.5. The molecule has 0 aromatic heterocycles. The third-order valence-electron chi connectivity index (χ3n) is 3.17. The number of rotatable bonds is 7. The average Bonchev–Trinajstić information content (AvgIpc) is 2.42. The molecule has 0 amide bonds. The first kappa shape index (κ1) is 15.5. The topological polar surface area (TPSA) is 67.5 Å². The Balaban J connectivity index is 2.81. The Morgan fingerprint density at radius 2 is 2.05 bits per heavy atom. The average molecular weight is 262 g/mol. The van der Waals surface area contributed by atoms with E-state index in [-0.39, 0.29) is 6.61 Å². The molecule has 2 N–H and O–H groups in total. The van der Waals surface area contributed by atoms with E-state index in [4.69, 9.17) is 10.4 Å². The normalized spacial score (nSPS) is 11.9. The summed E-state index contributed by atoms with van der Waals surface area (Å²) >= 11 is 0. The van der Waals surface area contributed by atoms with Gasteiger partial charge in [-0.15, -0.1) is 0 Å². The van der Waals surface area contributed by atoms with Crippen LogP contribution in [-0.4, -0.2) is 30.4 Å². The number of unbranched alkanes of at least 4 members (excludes halogenated alkanes) is 2. The van der Waals surface area contributed by atoms with Crippen LogP contribution in [0, 0.1) is 11.3 Å². The van der Waals surface area contributed by atoms with Crippen molar-refractivity contribution >= 4 is 5.69 Å². The summed E-state index contributed by atoms with van der Waals surface area (Å²) < 4.78 is 0. The van der Waals surface area contributed by atoms with Crippen molar-refractivity contribution in [2.24, 2.45) is 0 Å². The van der Waals surface area contributed by atoms with Crippen molar-refractivity contribution in [2.45, 2.75) is 32.3 Å². The SMILES string of the molecule is C[C@@H](O)c1ccc(C#N)cc1N(C)CCCCCO. The minimum absolute atomic E-state index is 0.229. The fraction of sp³-hybridized carbons (Fsp3) is 0.533. The Morgan fingerprint density at radius 1 is 1.32 bits per heavy atom. The lowest BCUT2D eigenvalue weighted by molar-refractivity contribution is 0.199. The standard InChI is InChI=1S/C15H22N2O2/c1-12(19)14-7-6-13(11-16)10-15(14)17(2)8-4-3-5-9-18/h6-7,10,12,18-19H,3-5,8-9H2,1-2H3/t12-/m1/s1. The molecule has 19 heavy (non-hydrogen) atoms. The lowest BCUT2D eigenvalue weighted by Gasteiger charge is -2.24. The van der Waals surface area contributed by atoms with Gasteiger partial charge in [0, 0.05) is 31.5 Å². The van der Waals surface area contributed by atoms with Gasteiger partial charge in [0.25, 0.3) is 0 Å². The molecule has 0 bridgehead atoms. The van der Waals surface area contributed by atoms with E-state index in [1.54, 1.807) is 13.0 Å². The minimum Gasteiger partial charge on any atom is -0.396 e. The van der Waals surface area contributed by atoms with E-state index < -0.39 is 6.10 Å². The lowest BCUT2D eigenvalue weighted by atomic mass is 10.0. The van der Waals surface area contributed by atoms with Gasteiger partial charge >= 0.3 is 0 Å². The lowest BCUT2D eigenvalue weighted by Crippen LogP contribution is -2.20. The first-order chi connectivity index (χ1) is 9.10.